The van der Waals surface area contributed by atoms with Gasteiger partial charge in [0, 0.05) is 26.1 Å². The summed E-state index contributed by atoms with van der Waals surface area (Å²) < 4.78 is 10.3. The minimum Gasteiger partial charge on any atom is -0.444 e. The molecule has 0 bridgehead atoms. The van der Waals surface area contributed by atoms with Gasteiger partial charge in [0.05, 0.1) is 0 Å². The van der Waals surface area contributed by atoms with E-state index in [4.69, 9.17) is 9.47 Å². The van der Waals surface area contributed by atoms with Crippen LogP contribution in [0.4, 0.5) is 4.79 Å². The summed E-state index contributed by atoms with van der Waals surface area (Å²) in [5.74, 6) is 0.0741. The Bertz CT molecular complexity index is 285. The molecule has 0 aromatic heterocycles. The average molecular weight is 243 g/mol. The van der Waals surface area contributed by atoms with Gasteiger partial charge in [0.1, 0.15) is 18.0 Å². The number of ether oxygens (including phenoxy) is 2. The maximum atomic E-state index is 11.8. The topological polar surface area (TPSA) is 55.8 Å². The number of methoxy groups -OCH3 is 1. The second-order valence-electron chi connectivity index (χ2n) is 5.31. The molecular weight excluding hydrogens is 222 g/mol. The van der Waals surface area contributed by atoms with Crippen LogP contribution in [0.25, 0.3) is 0 Å². The molecule has 17 heavy (non-hydrogen) atoms. The fourth-order valence-corrected chi connectivity index (χ4v) is 1.91. The summed E-state index contributed by atoms with van der Waals surface area (Å²) in [7, 11) is 1.51. The van der Waals surface area contributed by atoms with E-state index in [9.17, 15) is 9.59 Å². The molecule has 5 heteroatoms. The standard InChI is InChI=1S/C12H21NO4/c1-12(2,3)17-11(15)13-6-5-9(7-13)10(8-14)16-4/h8-10H,5-7H2,1-4H3. The van der Waals surface area contributed by atoms with Gasteiger partial charge in [-0.2, -0.15) is 0 Å². The van der Waals surface area contributed by atoms with E-state index in [1.807, 2.05) is 20.8 Å². The van der Waals surface area contributed by atoms with Gasteiger partial charge in [-0.3, -0.25) is 0 Å². The monoisotopic (exact) mass is 243 g/mol. The average Bonchev–Trinajstić information content (AvgIpc) is 2.66. The summed E-state index contributed by atoms with van der Waals surface area (Å²) in [6, 6.07) is 0. The Morgan fingerprint density at radius 3 is 2.59 bits per heavy atom. The van der Waals surface area contributed by atoms with Crippen molar-refractivity contribution in [1.29, 1.82) is 0 Å². The van der Waals surface area contributed by atoms with Crippen molar-refractivity contribution in [2.24, 2.45) is 5.92 Å². The molecule has 0 N–H and O–H groups in total. The Labute approximate surface area is 102 Å². The summed E-state index contributed by atoms with van der Waals surface area (Å²) in [5.41, 5.74) is -0.486. The van der Waals surface area contributed by atoms with Gasteiger partial charge in [0.2, 0.25) is 0 Å². The maximum absolute atomic E-state index is 11.8. The molecule has 1 heterocycles. The Morgan fingerprint density at radius 2 is 2.12 bits per heavy atom. The van der Waals surface area contributed by atoms with Crippen molar-refractivity contribution in [3.63, 3.8) is 0 Å². The molecule has 1 amide bonds. The molecule has 0 aromatic carbocycles. The molecule has 0 radical (unpaired) electrons. The quantitative estimate of drug-likeness (QED) is 0.704. The summed E-state index contributed by atoms with van der Waals surface area (Å²) in [4.78, 5) is 24.2. The fourth-order valence-electron chi connectivity index (χ4n) is 1.91. The third-order valence-corrected chi connectivity index (χ3v) is 2.75. The van der Waals surface area contributed by atoms with Gasteiger partial charge in [-0.15, -0.1) is 0 Å². The first kappa shape index (κ1) is 14.0. The van der Waals surface area contributed by atoms with Gasteiger partial charge in [-0.25, -0.2) is 4.79 Å². The first-order chi connectivity index (χ1) is 7.87. The molecule has 0 spiro atoms. The lowest BCUT2D eigenvalue weighted by Gasteiger charge is -2.24. The number of aldehydes is 1. The molecular formula is C12H21NO4. The molecule has 5 nitrogen and oxygen atoms in total. The Hall–Kier alpha value is -1.10. The number of hydrogen-bond acceptors (Lipinski definition) is 4. The molecule has 98 valence electrons. The van der Waals surface area contributed by atoms with E-state index in [1.54, 1.807) is 4.90 Å². The SMILES string of the molecule is COC(C=O)C1CCN(C(=O)OC(C)(C)C)C1. The second kappa shape index (κ2) is 5.49. The molecule has 1 fully saturated rings. The molecule has 0 saturated carbocycles. The van der Waals surface area contributed by atoms with Crippen LogP contribution in [0, 0.1) is 5.92 Å². The zero-order valence-electron chi connectivity index (χ0n) is 10.9. The van der Waals surface area contributed by atoms with E-state index in [0.29, 0.717) is 13.1 Å². The highest BCUT2D eigenvalue weighted by Gasteiger charge is 2.33. The number of carbonyl (C=O) groups is 2. The van der Waals surface area contributed by atoms with Crippen molar-refractivity contribution < 1.29 is 19.1 Å². The van der Waals surface area contributed by atoms with Gasteiger partial charge in [-0.1, -0.05) is 0 Å². The predicted octanol–water partition coefficient (Wildman–Crippen LogP) is 1.46. The summed E-state index contributed by atoms with van der Waals surface area (Å²) in [6.45, 7) is 6.64. The second-order valence-corrected chi connectivity index (χ2v) is 5.31. The Balaban J connectivity index is 2.50. The molecule has 1 rings (SSSR count). The smallest absolute Gasteiger partial charge is 0.410 e. The first-order valence-electron chi connectivity index (χ1n) is 5.83. The van der Waals surface area contributed by atoms with Gasteiger partial charge in [-0.05, 0) is 27.2 Å². The van der Waals surface area contributed by atoms with Crippen molar-refractivity contribution >= 4 is 12.4 Å². The van der Waals surface area contributed by atoms with Gasteiger partial charge in [0.25, 0.3) is 0 Å². The Morgan fingerprint density at radius 1 is 1.47 bits per heavy atom. The van der Waals surface area contributed by atoms with Crippen LogP contribution in [-0.4, -0.2) is 49.2 Å². The lowest BCUT2D eigenvalue weighted by Crippen LogP contribution is -2.36. The minimum atomic E-state index is -0.486. The fraction of sp³-hybridized carbons (Fsp3) is 0.833. The number of hydrogen-bond donors (Lipinski definition) is 0. The lowest BCUT2D eigenvalue weighted by molar-refractivity contribution is -0.119. The maximum Gasteiger partial charge on any atom is 0.410 e. The molecule has 2 atom stereocenters. The van der Waals surface area contributed by atoms with Gasteiger partial charge in [0.15, 0.2) is 0 Å². The third-order valence-electron chi connectivity index (χ3n) is 2.75. The zero-order valence-corrected chi connectivity index (χ0v) is 10.9. The van der Waals surface area contributed by atoms with Gasteiger partial charge < -0.3 is 19.2 Å². The van der Waals surface area contributed by atoms with Crippen LogP contribution in [0.1, 0.15) is 27.2 Å². The summed E-state index contributed by atoms with van der Waals surface area (Å²) in [5, 5.41) is 0. The van der Waals surface area contributed by atoms with Crippen molar-refractivity contribution in [2.75, 3.05) is 20.2 Å². The van der Waals surface area contributed by atoms with Crippen LogP contribution in [0.3, 0.4) is 0 Å². The van der Waals surface area contributed by atoms with E-state index in [1.165, 1.54) is 7.11 Å². The highest BCUT2D eigenvalue weighted by molar-refractivity contribution is 5.68. The van der Waals surface area contributed by atoms with E-state index in [-0.39, 0.29) is 12.0 Å². The number of amides is 1. The largest absolute Gasteiger partial charge is 0.444 e. The van der Waals surface area contributed by atoms with E-state index in [2.05, 4.69) is 0 Å². The highest BCUT2D eigenvalue weighted by Crippen LogP contribution is 2.22. The lowest BCUT2D eigenvalue weighted by atomic mass is 10.0. The van der Waals surface area contributed by atoms with E-state index >= 15 is 0 Å². The van der Waals surface area contributed by atoms with Crippen molar-refractivity contribution in [1.82, 2.24) is 4.90 Å². The number of likely N-dealkylation sites (tertiary alicyclic amines) is 1. The zero-order chi connectivity index (χ0) is 13.1. The van der Waals surface area contributed by atoms with Crippen LogP contribution in [-0.2, 0) is 14.3 Å². The van der Waals surface area contributed by atoms with E-state index < -0.39 is 11.7 Å². The molecule has 0 aliphatic carbocycles. The minimum absolute atomic E-state index is 0.0741. The van der Waals surface area contributed by atoms with Crippen molar-refractivity contribution in [3.05, 3.63) is 0 Å². The highest BCUT2D eigenvalue weighted by atomic mass is 16.6. The molecule has 2 unspecified atom stereocenters. The van der Waals surface area contributed by atoms with Crippen LogP contribution in [0.5, 0.6) is 0 Å². The normalized spacial score (nSPS) is 22.4. The predicted molar refractivity (Wildman–Crippen MR) is 62.8 cm³/mol. The van der Waals surface area contributed by atoms with Crippen LogP contribution in [0.2, 0.25) is 0 Å². The number of rotatable bonds is 3. The summed E-state index contributed by atoms with van der Waals surface area (Å²) >= 11 is 0. The van der Waals surface area contributed by atoms with Crippen LogP contribution >= 0.6 is 0 Å². The van der Waals surface area contributed by atoms with Gasteiger partial charge >= 0.3 is 6.09 Å². The first-order valence-corrected chi connectivity index (χ1v) is 5.83. The Kier molecular flexibility index (Phi) is 4.51. The molecule has 1 saturated heterocycles. The van der Waals surface area contributed by atoms with E-state index in [0.717, 1.165) is 12.7 Å². The van der Waals surface area contributed by atoms with Crippen molar-refractivity contribution in [3.8, 4) is 0 Å². The number of carbonyl (C=O) groups excluding carboxylic acids is 2. The number of nitrogens with zero attached hydrogens (tertiary/aromatic N) is 1. The molecule has 1 aliphatic rings. The third kappa shape index (κ3) is 4.00. The molecule has 0 aromatic rings. The summed E-state index contributed by atoms with van der Waals surface area (Å²) in [6.07, 6.45) is 0.822. The molecule has 1 aliphatic heterocycles. The van der Waals surface area contributed by atoms with Crippen LogP contribution in [0.15, 0.2) is 0 Å². The van der Waals surface area contributed by atoms with Crippen molar-refractivity contribution in [2.45, 2.75) is 38.9 Å². The van der Waals surface area contributed by atoms with Crippen LogP contribution < -0.4 is 0 Å².